The molecular weight excluding hydrogens is 192 g/mol. The Bertz CT molecular complexity index is 98.9. The van der Waals surface area contributed by atoms with Crippen LogP contribution in [0.3, 0.4) is 0 Å². The van der Waals surface area contributed by atoms with E-state index in [1.165, 1.54) is 0 Å². The van der Waals surface area contributed by atoms with Crippen LogP contribution in [0.25, 0.3) is 0 Å². The van der Waals surface area contributed by atoms with Crippen LogP contribution in [0.1, 0.15) is 13.8 Å². The molecule has 0 aromatic carbocycles. The second-order valence-electron chi connectivity index (χ2n) is 2.83. The van der Waals surface area contributed by atoms with Crippen molar-refractivity contribution in [3.05, 3.63) is 0 Å². The predicted octanol–water partition coefficient (Wildman–Crippen LogP) is 1.68. The lowest BCUT2D eigenvalue weighted by molar-refractivity contribution is 0.000331. The van der Waals surface area contributed by atoms with E-state index < -0.39 is 0 Å². The standard InChI is InChI=1S/C9H19ClO3/c1-9(2)13-8-7-12-6-5-11-4-3-10/h9H,3-8H2,1-2H3. The molecule has 0 radical (unpaired) electrons. The molecule has 0 amide bonds. The quantitative estimate of drug-likeness (QED) is 0.428. The maximum absolute atomic E-state index is 5.41. The topological polar surface area (TPSA) is 27.7 Å². The smallest absolute Gasteiger partial charge is 0.0703 e. The molecular formula is C9H19ClO3. The van der Waals surface area contributed by atoms with Gasteiger partial charge >= 0.3 is 0 Å². The molecule has 0 aliphatic carbocycles. The van der Waals surface area contributed by atoms with Gasteiger partial charge in [-0.1, -0.05) is 0 Å². The zero-order chi connectivity index (χ0) is 9.94. The summed E-state index contributed by atoms with van der Waals surface area (Å²) in [7, 11) is 0. The Morgan fingerprint density at radius 1 is 0.923 bits per heavy atom. The first-order chi connectivity index (χ1) is 6.27. The summed E-state index contributed by atoms with van der Waals surface area (Å²) >= 11 is 5.41. The van der Waals surface area contributed by atoms with Crippen LogP contribution in [0.15, 0.2) is 0 Å². The van der Waals surface area contributed by atoms with Gasteiger partial charge in [-0.3, -0.25) is 0 Å². The van der Waals surface area contributed by atoms with Gasteiger partial charge in [0.25, 0.3) is 0 Å². The van der Waals surface area contributed by atoms with Crippen LogP contribution in [-0.4, -0.2) is 45.0 Å². The molecule has 0 saturated heterocycles. The number of hydrogen-bond donors (Lipinski definition) is 0. The fourth-order valence-corrected chi connectivity index (χ4v) is 0.828. The van der Waals surface area contributed by atoms with E-state index in [9.17, 15) is 0 Å². The minimum Gasteiger partial charge on any atom is -0.378 e. The first-order valence-corrected chi connectivity index (χ1v) is 5.14. The van der Waals surface area contributed by atoms with Crippen LogP contribution < -0.4 is 0 Å². The van der Waals surface area contributed by atoms with Gasteiger partial charge in [-0.15, -0.1) is 11.6 Å². The molecule has 0 fully saturated rings. The minimum atomic E-state index is 0.274. The van der Waals surface area contributed by atoms with E-state index >= 15 is 0 Å². The van der Waals surface area contributed by atoms with Crippen LogP contribution in [-0.2, 0) is 14.2 Å². The van der Waals surface area contributed by atoms with Crippen molar-refractivity contribution in [3.8, 4) is 0 Å². The molecule has 0 aromatic rings. The molecule has 0 aromatic heterocycles. The average molecular weight is 211 g/mol. The first kappa shape index (κ1) is 13.2. The Morgan fingerprint density at radius 2 is 1.46 bits per heavy atom. The molecule has 0 rings (SSSR count). The van der Waals surface area contributed by atoms with E-state index in [0.717, 1.165) is 0 Å². The summed E-state index contributed by atoms with van der Waals surface area (Å²) in [4.78, 5) is 0. The van der Waals surface area contributed by atoms with Gasteiger partial charge < -0.3 is 14.2 Å². The summed E-state index contributed by atoms with van der Waals surface area (Å²) < 4.78 is 15.6. The summed E-state index contributed by atoms with van der Waals surface area (Å²) in [5.41, 5.74) is 0. The van der Waals surface area contributed by atoms with Gasteiger partial charge in [-0.25, -0.2) is 0 Å². The van der Waals surface area contributed by atoms with Crippen molar-refractivity contribution < 1.29 is 14.2 Å². The first-order valence-electron chi connectivity index (χ1n) is 4.60. The van der Waals surface area contributed by atoms with Crippen molar-refractivity contribution in [3.63, 3.8) is 0 Å². The molecule has 0 spiro atoms. The maximum Gasteiger partial charge on any atom is 0.0703 e. The van der Waals surface area contributed by atoms with Gasteiger partial charge in [0.15, 0.2) is 0 Å². The zero-order valence-corrected chi connectivity index (χ0v) is 9.18. The lowest BCUT2D eigenvalue weighted by atomic mass is 10.5. The Hall–Kier alpha value is 0.170. The highest BCUT2D eigenvalue weighted by atomic mass is 35.5. The molecule has 0 aliphatic rings. The highest BCUT2D eigenvalue weighted by Crippen LogP contribution is 1.87. The van der Waals surface area contributed by atoms with E-state index in [2.05, 4.69) is 0 Å². The monoisotopic (exact) mass is 210 g/mol. The van der Waals surface area contributed by atoms with Crippen molar-refractivity contribution in [2.24, 2.45) is 0 Å². The van der Waals surface area contributed by atoms with E-state index in [0.29, 0.717) is 38.9 Å². The minimum absolute atomic E-state index is 0.274. The molecule has 0 bridgehead atoms. The molecule has 3 nitrogen and oxygen atoms in total. The van der Waals surface area contributed by atoms with Crippen molar-refractivity contribution in [2.75, 3.05) is 38.9 Å². The summed E-state index contributed by atoms with van der Waals surface area (Å²) in [5, 5.41) is 0. The number of alkyl halides is 1. The van der Waals surface area contributed by atoms with E-state index in [1.54, 1.807) is 0 Å². The SMILES string of the molecule is CC(C)OCCOCCOCCCl. The highest BCUT2D eigenvalue weighted by molar-refractivity contribution is 6.17. The van der Waals surface area contributed by atoms with Crippen LogP contribution >= 0.6 is 11.6 Å². The highest BCUT2D eigenvalue weighted by Gasteiger charge is 1.93. The molecule has 0 saturated carbocycles. The van der Waals surface area contributed by atoms with Gasteiger partial charge in [0.1, 0.15) is 0 Å². The van der Waals surface area contributed by atoms with Gasteiger partial charge in [0.2, 0.25) is 0 Å². The summed E-state index contributed by atoms with van der Waals surface area (Å²) in [6, 6.07) is 0. The Kier molecular flexibility index (Phi) is 10.4. The van der Waals surface area contributed by atoms with Gasteiger partial charge in [0, 0.05) is 5.88 Å². The van der Waals surface area contributed by atoms with E-state index in [-0.39, 0.29) is 6.10 Å². The molecule has 0 unspecified atom stereocenters. The predicted molar refractivity (Wildman–Crippen MR) is 53.4 cm³/mol. The third-order valence-electron chi connectivity index (χ3n) is 1.27. The molecule has 0 aliphatic heterocycles. The van der Waals surface area contributed by atoms with Crippen LogP contribution in [0.4, 0.5) is 0 Å². The summed E-state index contributed by atoms with van der Waals surface area (Å²) in [6.45, 7) is 7.09. The Morgan fingerprint density at radius 3 is 2.00 bits per heavy atom. The molecule has 0 heterocycles. The Labute approximate surface area is 85.3 Å². The Balaban J connectivity index is 2.84. The second kappa shape index (κ2) is 10.3. The normalized spacial score (nSPS) is 11.1. The molecule has 80 valence electrons. The lowest BCUT2D eigenvalue weighted by Crippen LogP contribution is -2.12. The number of halogens is 1. The van der Waals surface area contributed by atoms with Crippen LogP contribution in [0.5, 0.6) is 0 Å². The van der Waals surface area contributed by atoms with Crippen molar-refractivity contribution >= 4 is 11.6 Å². The lowest BCUT2D eigenvalue weighted by Gasteiger charge is -2.07. The van der Waals surface area contributed by atoms with Crippen molar-refractivity contribution in [2.45, 2.75) is 20.0 Å². The molecule has 0 N–H and O–H groups in total. The molecule has 13 heavy (non-hydrogen) atoms. The van der Waals surface area contributed by atoms with Crippen LogP contribution in [0, 0.1) is 0 Å². The van der Waals surface area contributed by atoms with Gasteiger partial charge in [-0.05, 0) is 13.8 Å². The van der Waals surface area contributed by atoms with Crippen molar-refractivity contribution in [1.29, 1.82) is 0 Å². The zero-order valence-electron chi connectivity index (χ0n) is 8.42. The molecule has 4 heteroatoms. The number of hydrogen-bond acceptors (Lipinski definition) is 3. The second-order valence-corrected chi connectivity index (χ2v) is 3.21. The van der Waals surface area contributed by atoms with Gasteiger partial charge in [0.05, 0.1) is 39.1 Å². The van der Waals surface area contributed by atoms with Crippen LogP contribution in [0.2, 0.25) is 0 Å². The summed E-state index contributed by atoms with van der Waals surface area (Å²) in [5.74, 6) is 0.538. The van der Waals surface area contributed by atoms with E-state index in [4.69, 9.17) is 25.8 Å². The largest absolute Gasteiger partial charge is 0.378 e. The summed E-state index contributed by atoms with van der Waals surface area (Å²) in [6.07, 6.45) is 0.274. The fraction of sp³-hybridized carbons (Fsp3) is 1.00. The van der Waals surface area contributed by atoms with E-state index in [1.807, 2.05) is 13.8 Å². The molecule has 0 atom stereocenters. The average Bonchev–Trinajstić information content (AvgIpc) is 2.09. The van der Waals surface area contributed by atoms with Gasteiger partial charge in [-0.2, -0.15) is 0 Å². The third kappa shape index (κ3) is 12.2. The number of ether oxygens (including phenoxy) is 3. The maximum atomic E-state index is 5.41. The van der Waals surface area contributed by atoms with Crippen molar-refractivity contribution in [1.82, 2.24) is 0 Å². The fourth-order valence-electron chi connectivity index (χ4n) is 0.719. The number of rotatable bonds is 9. The third-order valence-corrected chi connectivity index (χ3v) is 1.43.